The number of halogens is 1. The molecule has 3 aromatic rings. The van der Waals surface area contributed by atoms with Crippen molar-refractivity contribution in [2.75, 3.05) is 26.2 Å². The van der Waals surface area contributed by atoms with Gasteiger partial charge >= 0.3 is 0 Å². The lowest BCUT2D eigenvalue weighted by atomic mass is 10.2. The number of furan rings is 1. The summed E-state index contributed by atoms with van der Waals surface area (Å²) in [7, 11) is -3.70. The maximum Gasteiger partial charge on any atom is 0.289 e. The van der Waals surface area contributed by atoms with Crippen molar-refractivity contribution < 1.29 is 22.4 Å². The van der Waals surface area contributed by atoms with Crippen LogP contribution in [0.15, 0.2) is 57.8 Å². The molecule has 7 nitrogen and oxygen atoms in total. The number of benzene rings is 2. The summed E-state index contributed by atoms with van der Waals surface area (Å²) in [5, 5.41) is 1.29. The van der Waals surface area contributed by atoms with Gasteiger partial charge < -0.3 is 9.32 Å². The first-order valence-corrected chi connectivity index (χ1v) is 11.2. The number of carbonyl (C=O) groups is 2. The van der Waals surface area contributed by atoms with E-state index in [-0.39, 0.29) is 48.5 Å². The average molecular weight is 447 g/mol. The first kappa shape index (κ1) is 20.6. The Morgan fingerprint density at radius 3 is 2.27 bits per heavy atom. The second-order valence-electron chi connectivity index (χ2n) is 7.07. The van der Waals surface area contributed by atoms with Crippen LogP contribution in [0.2, 0.25) is 5.02 Å². The van der Waals surface area contributed by atoms with Gasteiger partial charge in [0.15, 0.2) is 11.5 Å². The fraction of sp³-hybridized carbons (Fsp3) is 0.238. The van der Waals surface area contributed by atoms with Crippen LogP contribution >= 0.6 is 11.6 Å². The molecule has 156 valence electrons. The van der Waals surface area contributed by atoms with Gasteiger partial charge in [-0.2, -0.15) is 4.31 Å². The number of nitrogens with zero attached hydrogens (tertiary/aromatic N) is 2. The summed E-state index contributed by atoms with van der Waals surface area (Å²) in [6.07, 6.45) is 0. The van der Waals surface area contributed by atoms with E-state index in [1.54, 1.807) is 29.2 Å². The van der Waals surface area contributed by atoms with Crippen LogP contribution in [0.3, 0.4) is 0 Å². The van der Waals surface area contributed by atoms with Gasteiger partial charge in [0.25, 0.3) is 5.91 Å². The van der Waals surface area contributed by atoms with Gasteiger partial charge in [0.2, 0.25) is 10.0 Å². The minimum atomic E-state index is -3.70. The fourth-order valence-electron chi connectivity index (χ4n) is 3.42. The van der Waals surface area contributed by atoms with Crippen molar-refractivity contribution in [2.24, 2.45) is 0 Å². The highest BCUT2D eigenvalue weighted by Gasteiger charge is 2.31. The van der Waals surface area contributed by atoms with Gasteiger partial charge in [0, 0.05) is 42.2 Å². The summed E-state index contributed by atoms with van der Waals surface area (Å²) in [6.45, 7) is 2.28. The second-order valence-corrected chi connectivity index (χ2v) is 9.44. The zero-order chi connectivity index (χ0) is 21.5. The molecule has 0 N–H and O–H groups in total. The highest BCUT2D eigenvalue weighted by Crippen LogP contribution is 2.25. The Bertz CT molecular complexity index is 1230. The number of rotatable bonds is 4. The number of hydrogen-bond acceptors (Lipinski definition) is 5. The molecule has 4 rings (SSSR count). The van der Waals surface area contributed by atoms with Crippen molar-refractivity contribution in [3.63, 3.8) is 0 Å². The zero-order valence-electron chi connectivity index (χ0n) is 16.2. The molecule has 30 heavy (non-hydrogen) atoms. The molecule has 0 spiro atoms. The number of Topliss-reactive ketones (excluding diaryl/α,β-unsaturated/α-hetero) is 1. The highest BCUT2D eigenvalue weighted by molar-refractivity contribution is 7.89. The van der Waals surface area contributed by atoms with Crippen molar-refractivity contribution in [1.29, 1.82) is 0 Å². The lowest BCUT2D eigenvalue weighted by molar-refractivity contribution is 0.0668. The largest absolute Gasteiger partial charge is 0.451 e. The van der Waals surface area contributed by atoms with Crippen LogP contribution in [-0.4, -0.2) is 55.5 Å². The Kier molecular flexibility index (Phi) is 5.40. The van der Waals surface area contributed by atoms with Gasteiger partial charge in [-0.25, -0.2) is 8.42 Å². The molecule has 0 radical (unpaired) electrons. The van der Waals surface area contributed by atoms with Gasteiger partial charge in [-0.15, -0.1) is 0 Å². The number of ketones is 1. The Balaban J connectivity index is 1.45. The topological polar surface area (TPSA) is 87.9 Å². The highest BCUT2D eigenvalue weighted by atomic mass is 35.5. The monoisotopic (exact) mass is 446 g/mol. The van der Waals surface area contributed by atoms with Crippen LogP contribution < -0.4 is 0 Å². The maximum atomic E-state index is 12.9. The van der Waals surface area contributed by atoms with Gasteiger partial charge in [-0.3, -0.25) is 9.59 Å². The molecule has 2 heterocycles. The van der Waals surface area contributed by atoms with Crippen LogP contribution in [0.1, 0.15) is 27.8 Å². The molecule has 0 atom stereocenters. The lowest BCUT2D eigenvalue weighted by Crippen LogP contribution is -2.50. The van der Waals surface area contributed by atoms with Crippen LogP contribution in [0.5, 0.6) is 0 Å². The number of piperazine rings is 1. The Morgan fingerprint density at radius 1 is 0.967 bits per heavy atom. The SMILES string of the molecule is CC(=O)c1ccc(S(=O)(=O)N2CCN(C(=O)c3cc4cc(Cl)ccc4o3)CC2)cc1. The molecule has 0 unspecified atom stereocenters. The maximum absolute atomic E-state index is 12.9. The molecule has 1 fully saturated rings. The molecular formula is C21H19ClN2O5S. The summed E-state index contributed by atoms with van der Waals surface area (Å²) in [6, 6.07) is 12.6. The summed E-state index contributed by atoms with van der Waals surface area (Å²) >= 11 is 5.97. The molecule has 2 aromatic carbocycles. The Morgan fingerprint density at radius 2 is 1.63 bits per heavy atom. The van der Waals surface area contributed by atoms with E-state index in [1.165, 1.54) is 35.5 Å². The van der Waals surface area contributed by atoms with Crippen molar-refractivity contribution in [2.45, 2.75) is 11.8 Å². The van der Waals surface area contributed by atoms with E-state index in [0.29, 0.717) is 16.2 Å². The molecule has 1 saturated heterocycles. The number of fused-ring (bicyclic) bond motifs is 1. The van der Waals surface area contributed by atoms with Crippen LogP contribution in [0, 0.1) is 0 Å². The number of amides is 1. The van der Waals surface area contributed by atoms with Gasteiger partial charge in [0.05, 0.1) is 4.90 Å². The fourth-order valence-corrected chi connectivity index (χ4v) is 5.02. The third-order valence-electron chi connectivity index (χ3n) is 5.11. The lowest BCUT2D eigenvalue weighted by Gasteiger charge is -2.33. The molecule has 9 heteroatoms. The quantitative estimate of drug-likeness (QED) is 0.573. The summed E-state index contributed by atoms with van der Waals surface area (Å²) in [4.78, 5) is 25.9. The Hall–Kier alpha value is -2.68. The second kappa shape index (κ2) is 7.86. The zero-order valence-corrected chi connectivity index (χ0v) is 17.7. The number of sulfonamides is 1. The van der Waals surface area contributed by atoms with Crippen molar-refractivity contribution in [1.82, 2.24) is 9.21 Å². The van der Waals surface area contributed by atoms with Gasteiger partial charge in [0.1, 0.15) is 5.58 Å². The third-order valence-corrected chi connectivity index (χ3v) is 7.26. The molecular weight excluding hydrogens is 428 g/mol. The van der Waals surface area contributed by atoms with Crippen LogP contribution in [-0.2, 0) is 10.0 Å². The van der Waals surface area contributed by atoms with E-state index in [9.17, 15) is 18.0 Å². The summed E-state index contributed by atoms with van der Waals surface area (Å²) < 4.78 is 32.7. The minimum absolute atomic E-state index is 0.126. The molecule has 1 aliphatic rings. The minimum Gasteiger partial charge on any atom is -0.451 e. The molecule has 0 aliphatic carbocycles. The first-order chi connectivity index (χ1) is 14.3. The Labute approximate surface area is 178 Å². The normalized spacial score (nSPS) is 15.5. The smallest absolute Gasteiger partial charge is 0.289 e. The van der Waals surface area contributed by atoms with E-state index >= 15 is 0 Å². The molecule has 1 aliphatic heterocycles. The third kappa shape index (κ3) is 3.86. The van der Waals surface area contributed by atoms with Gasteiger partial charge in [-0.1, -0.05) is 23.7 Å². The predicted molar refractivity (Wildman–Crippen MR) is 112 cm³/mol. The van der Waals surface area contributed by atoms with Crippen LogP contribution in [0.4, 0.5) is 0 Å². The molecule has 1 amide bonds. The number of hydrogen-bond donors (Lipinski definition) is 0. The standard InChI is InChI=1S/C21H19ClN2O5S/c1-14(25)15-2-5-18(6-3-15)30(27,28)24-10-8-23(9-11-24)21(26)20-13-16-12-17(22)4-7-19(16)29-20/h2-7,12-13H,8-11H2,1H3. The molecule has 0 bridgehead atoms. The van der Waals surface area contributed by atoms with E-state index in [4.69, 9.17) is 16.0 Å². The van der Waals surface area contributed by atoms with Gasteiger partial charge in [-0.05, 0) is 43.3 Å². The first-order valence-electron chi connectivity index (χ1n) is 9.35. The molecule has 1 aromatic heterocycles. The molecule has 0 saturated carbocycles. The van der Waals surface area contributed by atoms with E-state index in [2.05, 4.69) is 0 Å². The van der Waals surface area contributed by atoms with Crippen molar-refractivity contribution in [3.8, 4) is 0 Å². The summed E-state index contributed by atoms with van der Waals surface area (Å²) in [5.41, 5.74) is 1.02. The van der Waals surface area contributed by atoms with Crippen molar-refractivity contribution >= 4 is 44.3 Å². The summed E-state index contributed by atoms with van der Waals surface area (Å²) in [5.74, 6) is -0.215. The van der Waals surface area contributed by atoms with Crippen molar-refractivity contribution in [3.05, 3.63) is 64.9 Å². The van der Waals surface area contributed by atoms with Crippen LogP contribution in [0.25, 0.3) is 11.0 Å². The van der Waals surface area contributed by atoms with E-state index in [0.717, 1.165) is 5.39 Å². The average Bonchev–Trinajstić information content (AvgIpc) is 3.16. The van der Waals surface area contributed by atoms with E-state index in [1.807, 2.05) is 0 Å². The number of carbonyl (C=O) groups excluding carboxylic acids is 2. The predicted octanol–water partition coefficient (Wildman–Crippen LogP) is 3.44. The van der Waals surface area contributed by atoms with E-state index < -0.39 is 10.0 Å².